The Morgan fingerprint density at radius 1 is 1.04 bits per heavy atom. The Morgan fingerprint density at radius 3 is 2.41 bits per heavy atom. The molecule has 0 spiro atoms. The molecule has 1 heterocycles. The van der Waals surface area contributed by atoms with Crippen LogP contribution in [0.3, 0.4) is 0 Å². The largest absolute Gasteiger partial charge is 0.486 e. The molecular weight excluding hydrogens is 390 g/mol. The van der Waals surface area contributed by atoms with Crippen LogP contribution in [0.1, 0.15) is 16.3 Å². The molecule has 9 heteroatoms. The first kappa shape index (κ1) is 18.8. The monoisotopic (exact) mass is 399 g/mol. The van der Waals surface area contributed by atoms with Crippen molar-refractivity contribution in [2.75, 3.05) is 5.32 Å². The lowest BCUT2D eigenvalue weighted by Gasteiger charge is -2.07. The molecule has 1 N–H and O–H groups in total. The lowest BCUT2D eigenvalue weighted by Crippen LogP contribution is -2.15. The maximum Gasteiger partial charge on any atom is 0.291 e. The molecular formula is C18H10ClF4NO3. The molecule has 0 radical (unpaired) electrons. The molecule has 0 bridgehead atoms. The topological polar surface area (TPSA) is 51.5 Å². The Kier molecular flexibility index (Phi) is 5.36. The summed E-state index contributed by atoms with van der Waals surface area (Å²) in [5, 5.41) is 2.22. The molecule has 0 saturated heterocycles. The summed E-state index contributed by atoms with van der Waals surface area (Å²) in [7, 11) is 0. The third-order valence-electron chi connectivity index (χ3n) is 3.41. The molecule has 0 atom stereocenters. The highest BCUT2D eigenvalue weighted by molar-refractivity contribution is 6.30. The zero-order valence-corrected chi connectivity index (χ0v) is 14.1. The van der Waals surface area contributed by atoms with Crippen molar-refractivity contribution in [2.24, 2.45) is 0 Å². The van der Waals surface area contributed by atoms with Crippen LogP contribution in [0.2, 0.25) is 5.02 Å². The van der Waals surface area contributed by atoms with Gasteiger partial charge in [-0.05, 0) is 30.3 Å². The van der Waals surface area contributed by atoms with Crippen LogP contribution in [-0.4, -0.2) is 5.91 Å². The predicted octanol–water partition coefficient (Wildman–Crippen LogP) is 5.32. The minimum absolute atomic E-state index is 0.0402. The second-order valence-corrected chi connectivity index (χ2v) is 5.75. The van der Waals surface area contributed by atoms with Gasteiger partial charge in [-0.2, -0.15) is 0 Å². The SMILES string of the molecule is O=C(Nc1c(F)c(F)cc(F)c1F)c1ccc(COc2cccc(Cl)c2)o1. The Morgan fingerprint density at radius 2 is 1.74 bits per heavy atom. The maximum absolute atomic E-state index is 13.6. The van der Waals surface area contributed by atoms with E-state index >= 15 is 0 Å². The smallest absolute Gasteiger partial charge is 0.291 e. The normalized spacial score (nSPS) is 10.7. The molecule has 0 aliphatic heterocycles. The maximum atomic E-state index is 13.6. The molecule has 3 rings (SSSR count). The fourth-order valence-corrected chi connectivity index (χ4v) is 2.33. The Hall–Kier alpha value is -3.00. The van der Waals surface area contributed by atoms with Gasteiger partial charge in [-0.25, -0.2) is 17.6 Å². The second-order valence-electron chi connectivity index (χ2n) is 5.31. The van der Waals surface area contributed by atoms with Crippen LogP contribution in [0.4, 0.5) is 23.2 Å². The molecule has 140 valence electrons. The van der Waals surface area contributed by atoms with E-state index in [1.807, 2.05) is 0 Å². The fraction of sp³-hybridized carbons (Fsp3) is 0.0556. The van der Waals surface area contributed by atoms with E-state index in [4.69, 9.17) is 20.8 Å². The van der Waals surface area contributed by atoms with Crippen molar-refractivity contribution in [3.8, 4) is 5.75 Å². The summed E-state index contributed by atoms with van der Waals surface area (Å²) in [6.45, 7) is -0.0507. The van der Waals surface area contributed by atoms with Gasteiger partial charge in [0.2, 0.25) is 0 Å². The Labute approximate surface area is 155 Å². The minimum atomic E-state index is -1.72. The number of carbonyl (C=O) groups is 1. The number of furan rings is 1. The number of carbonyl (C=O) groups excluding carboxylic acids is 1. The van der Waals surface area contributed by atoms with Crippen LogP contribution in [0, 0.1) is 23.3 Å². The molecule has 0 unspecified atom stereocenters. The van der Waals surface area contributed by atoms with E-state index in [-0.39, 0.29) is 24.2 Å². The summed E-state index contributed by atoms with van der Waals surface area (Å²) >= 11 is 5.83. The summed E-state index contributed by atoms with van der Waals surface area (Å²) in [5.41, 5.74) is -1.24. The van der Waals surface area contributed by atoms with Crippen molar-refractivity contribution in [3.63, 3.8) is 0 Å². The molecule has 27 heavy (non-hydrogen) atoms. The van der Waals surface area contributed by atoms with Crippen molar-refractivity contribution in [2.45, 2.75) is 6.61 Å². The van der Waals surface area contributed by atoms with E-state index in [9.17, 15) is 22.4 Å². The summed E-state index contributed by atoms with van der Waals surface area (Å²) in [6, 6.07) is 9.24. The molecule has 3 aromatic rings. The first-order valence-corrected chi connectivity index (χ1v) is 7.84. The van der Waals surface area contributed by atoms with Gasteiger partial charge in [0, 0.05) is 11.1 Å². The van der Waals surface area contributed by atoms with Gasteiger partial charge in [0.1, 0.15) is 23.8 Å². The third-order valence-corrected chi connectivity index (χ3v) is 3.65. The van der Waals surface area contributed by atoms with Crippen LogP contribution < -0.4 is 10.1 Å². The highest BCUT2D eigenvalue weighted by Crippen LogP contribution is 2.25. The molecule has 0 saturated carbocycles. The zero-order valence-electron chi connectivity index (χ0n) is 13.4. The molecule has 0 aliphatic rings. The zero-order chi connectivity index (χ0) is 19.6. The number of ether oxygens (including phenoxy) is 1. The third kappa shape index (κ3) is 4.22. The number of rotatable bonds is 5. The van der Waals surface area contributed by atoms with Gasteiger partial charge < -0.3 is 14.5 Å². The first-order chi connectivity index (χ1) is 12.8. The quantitative estimate of drug-likeness (QED) is 0.466. The van der Waals surface area contributed by atoms with E-state index in [1.54, 1.807) is 29.6 Å². The minimum Gasteiger partial charge on any atom is -0.486 e. The van der Waals surface area contributed by atoms with Gasteiger partial charge in [-0.1, -0.05) is 17.7 Å². The molecule has 1 aromatic heterocycles. The van der Waals surface area contributed by atoms with Gasteiger partial charge in [-0.3, -0.25) is 4.79 Å². The molecule has 1 amide bonds. The second kappa shape index (κ2) is 7.71. The van der Waals surface area contributed by atoms with Crippen LogP contribution in [0.15, 0.2) is 46.9 Å². The van der Waals surface area contributed by atoms with E-state index in [0.29, 0.717) is 10.8 Å². The van der Waals surface area contributed by atoms with E-state index in [2.05, 4.69) is 0 Å². The van der Waals surface area contributed by atoms with Crippen molar-refractivity contribution < 1.29 is 31.5 Å². The number of hydrogen-bond donors (Lipinski definition) is 1. The van der Waals surface area contributed by atoms with E-state index < -0.39 is 34.9 Å². The van der Waals surface area contributed by atoms with Crippen LogP contribution in [0.25, 0.3) is 0 Å². The lowest BCUT2D eigenvalue weighted by molar-refractivity contribution is 0.0991. The number of benzene rings is 2. The highest BCUT2D eigenvalue weighted by atomic mass is 35.5. The molecule has 4 nitrogen and oxygen atoms in total. The van der Waals surface area contributed by atoms with E-state index in [1.165, 1.54) is 12.1 Å². The highest BCUT2D eigenvalue weighted by Gasteiger charge is 2.22. The Balaban J connectivity index is 1.70. The Bertz CT molecular complexity index is 980. The van der Waals surface area contributed by atoms with Crippen molar-refractivity contribution in [1.82, 2.24) is 0 Å². The van der Waals surface area contributed by atoms with Gasteiger partial charge in [0.25, 0.3) is 5.91 Å². The van der Waals surface area contributed by atoms with Gasteiger partial charge >= 0.3 is 0 Å². The number of anilines is 1. The number of hydrogen-bond acceptors (Lipinski definition) is 3. The van der Waals surface area contributed by atoms with Gasteiger partial charge in [0.15, 0.2) is 29.0 Å². The van der Waals surface area contributed by atoms with Crippen LogP contribution >= 0.6 is 11.6 Å². The average molecular weight is 400 g/mol. The number of halogens is 5. The van der Waals surface area contributed by atoms with Gasteiger partial charge in [-0.15, -0.1) is 0 Å². The number of amides is 1. The van der Waals surface area contributed by atoms with Gasteiger partial charge in [0.05, 0.1) is 0 Å². The lowest BCUT2D eigenvalue weighted by atomic mass is 10.2. The van der Waals surface area contributed by atoms with Crippen molar-refractivity contribution >= 4 is 23.2 Å². The van der Waals surface area contributed by atoms with Crippen molar-refractivity contribution in [3.05, 3.63) is 82.3 Å². The van der Waals surface area contributed by atoms with Crippen LogP contribution in [0.5, 0.6) is 5.75 Å². The summed E-state index contributed by atoms with van der Waals surface area (Å²) in [4.78, 5) is 12.0. The number of nitrogens with one attached hydrogen (secondary N) is 1. The van der Waals surface area contributed by atoms with Crippen molar-refractivity contribution in [1.29, 1.82) is 0 Å². The predicted molar refractivity (Wildman–Crippen MR) is 88.7 cm³/mol. The fourth-order valence-electron chi connectivity index (χ4n) is 2.15. The molecule has 2 aromatic carbocycles. The first-order valence-electron chi connectivity index (χ1n) is 7.46. The summed E-state index contributed by atoms with van der Waals surface area (Å²) < 4.78 is 64.2. The van der Waals surface area contributed by atoms with E-state index in [0.717, 1.165) is 0 Å². The summed E-state index contributed by atoms with van der Waals surface area (Å²) in [6.07, 6.45) is 0. The van der Waals surface area contributed by atoms with Crippen LogP contribution in [-0.2, 0) is 6.61 Å². The standard InChI is InChI=1S/C18H10ClF4NO3/c19-9-2-1-3-10(6-9)26-8-11-4-5-14(27-11)18(25)24-17-15(22)12(20)7-13(21)16(17)23/h1-7H,8H2,(H,24,25). The summed E-state index contributed by atoms with van der Waals surface area (Å²) in [5.74, 6) is -7.46. The molecule has 0 fully saturated rings. The average Bonchev–Trinajstić information content (AvgIpc) is 3.11. The molecule has 0 aliphatic carbocycles.